The van der Waals surface area contributed by atoms with Crippen LogP contribution in [0.4, 0.5) is 5.82 Å². The Balaban J connectivity index is 2.90. The van der Waals surface area contributed by atoms with E-state index in [2.05, 4.69) is 21.6 Å². The molecule has 0 aliphatic heterocycles. The second-order valence-electron chi connectivity index (χ2n) is 3.49. The molecule has 0 spiro atoms. The van der Waals surface area contributed by atoms with Gasteiger partial charge < -0.3 is 10.1 Å². The average molecular weight is 220 g/mol. The van der Waals surface area contributed by atoms with E-state index in [1.165, 1.54) is 7.11 Å². The summed E-state index contributed by atoms with van der Waals surface area (Å²) in [6.45, 7) is 7.42. The molecule has 1 aromatic heterocycles. The number of ether oxygens (including phenoxy) is 1. The van der Waals surface area contributed by atoms with Crippen LogP contribution in [0.25, 0.3) is 0 Å². The van der Waals surface area contributed by atoms with Gasteiger partial charge in [-0.05, 0) is 26.0 Å². The predicted octanol–water partition coefficient (Wildman–Crippen LogP) is 2.16. The van der Waals surface area contributed by atoms with Crippen LogP contribution >= 0.6 is 0 Å². The van der Waals surface area contributed by atoms with Crippen molar-refractivity contribution in [1.29, 1.82) is 0 Å². The minimum atomic E-state index is -0.367. The Bertz CT molecular complexity index is 402. The highest BCUT2D eigenvalue weighted by molar-refractivity contribution is 5.90. The first kappa shape index (κ1) is 12.2. The van der Waals surface area contributed by atoms with Crippen LogP contribution < -0.4 is 5.32 Å². The number of esters is 1. The molecule has 1 heterocycles. The van der Waals surface area contributed by atoms with E-state index in [1.54, 1.807) is 25.1 Å². The summed E-state index contributed by atoms with van der Waals surface area (Å²) in [5.41, 5.74) is 1.13. The highest BCUT2D eigenvalue weighted by Crippen LogP contribution is 2.12. The van der Waals surface area contributed by atoms with Crippen molar-refractivity contribution in [2.45, 2.75) is 19.9 Å². The number of nitrogens with one attached hydrogen (secondary N) is 1. The van der Waals surface area contributed by atoms with Gasteiger partial charge in [0.1, 0.15) is 5.82 Å². The molecule has 0 radical (unpaired) electrons. The minimum Gasteiger partial charge on any atom is -0.465 e. The molecule has 1 atom stereocenters. The Labute approximate surface area is 95.3 Å². The van der Waals surface area contributed by atoms with Crippen molar-refractivity contribution < 1.29 is 9.53 Å². The van der Waals surface area contributed by atoms with Crippen molar-refractivity contribution in [1.82, 2.24) is 4.98 Å². The lowest BCUT2D eigenvalue weighted by Crippen LogP contribution is -2.14. The summed E-state index contributed by atoms with van der Waals surface area (Å²) in [5.74, 6) is 0.353. The molecule has 1 aromatic rings. The number of aryl methyl sites for hydroxylation is 1. The Morgan fingerprint density at radius 3 is 2.81 bits per heavy atom. The third-order valence-electron chi connectivity index (χ3n) is 2.22. The van der Waals surface area contributed by atoms with Gasteiger partial charge in [-0.1, -0.05) is 6.08 Å². The number of hydrogen-bond donors (Lipinski definition) is 1. The van der Waals surface area contributed by atoms with Crippen LogP contribution in [0, 0.1) is 6.92 Å². The number of methoxy groups -OCH3 is 1. The molecule has 0 amide bonds. The van der Waals surface area contributed by atoms with E-state index in [0.29, 0.717) is 11.3 Å². The molecule has 1 N–H and O–H groups in total. The molecule has 0 saturated heterocycles. The Morgan fingerprint density at radius 1 is 1.62 bits per heavy atom. The van der Waals surface area contributed by atoms with Gasteiger partial charge in [0.2, 0.25) is 0 Å². The Morgan fingerprint density at radius 2 is 2.31 bits per heavy atom. The second kappa shape index (κ2) is 5.30. The van der Waals surface area contributed by atoms with Crippen molar-refractivity contribution in [3.63, 3.8) is 0 Å². The van der Waals surface area contributed by atoms with Crippen LogP contribution in [0.2, 0.25) is 0 Å². The topological polar surface area (TPSA) is 51.2 Å². The third kappa shape index (κ3) is 2.82. The number of pyridine rings is 1. The first-order chi connectivity index (χ1) is 7.58. The van der Waals surface area contributed by atoms with E-state index >= 15 is 0 Å². The Hall–Kier alpha value is -1.84. The number of rotatable bonds is 4. The zero-order valence-corrected chi connectivity index (χ0v) is 9.78. The molecule has 0 aliphatic rings. The lowest BCUT2D eigenvalue weighted by molar-refractivity contribution is 0.0599. The van der Waals surface area contributed by atoms with E-state index < -0.39 is 0 Å². The fraction of sp³-hybridized carbons (Fsp3) is 0.333. The molecule has 0 bridgehead atoms. The maximum absolute atomic E-state index is 11.3. The van der Waals surface area contributed by atoms with Gasteiger partial charge >= 0.3 is 5.97 Å². The van der Waals surface area contributed by atoms with E-state index in [0.717, 1.165) is 5.82 Å². The predicted molar refractivity (Wildman–Crippen MR) is 63.6 cm³/mol. The van der Waals surface area contributed by atoms with E-state index in [-0.39, 0.29) is 12.0 Å². The number of nitrogens with zero attached hydrogens (tertiary/aromatic N) is 1. The van der Waals surface area contributed by atoms with E-state index in [9.17, 15) is 4.79 Å². The van der Waals surface area contributed by atoms with Crippen LogP contribution in [0.3, 0.4) is 0 Å². The first-order valence-electron chi connectivity index (χ1n) is 5.03. The summed E-state index contributed by atoms with van der Waals surface area (Å²) in [6.07, 6.45) is 1.78. The maximum Gasteiger partial charge on any atom is 0.339 e. The van der Waals surface area contributed by atoms with Crippen molar-refractivity contribution in [3.8, 4) is 0 Å². The van der Waals surface area contributed by atoms with Crippen molar-refractivity contribution in [2.24, 2.45) is 0 Å². The fourth-order valence-corrected chi connectivity index (χ4v) is 1.26. The molecular weight excluding hydrogens is 204 g/mol. The van der Waals surface area contributed by atoms with Crippen molar-refractivity contribution in [3.05, 3.63) is 36.0 Å². The van der Waals surface area contributed by atoms with Gasteiger partial charge in [0.15, 0.2) is 0 Å². The maximum atomic E-state index is 11.3. The van der Waals surface area contributed by atoms with Gasteiger partial charge in [0, 0.05) is 6.04 Å². The number of anilines is 1. The number of carbonyl (C=O) groups excluding carboxylic acids is 1. The van der Waals surface area contributed by atoms with Gasteiger partial charge in [0.25, 0.3) is 0 Å². The summed E-state index contributed by atoms with van der Waals surface area (Å²) in [4.78, 5) is 15.6. The van der Waals surface area contributed by atoms with Gasteiger partial charge in [-0.15, -0.1) is 6.58 Å². The van der Waals surface area contributed by atoms with Gasteiger partial charge in [0.05, 0.1) is 18.4 Å². The molecule has 4 nitrogen and oxygen atoms in total. The first-order valence-corrected chi connectivity index (χ1v) is 5.03. The van der Waals surface area contributed by atoms with Crippen LogP contribution in [0.1, 0.15) is 23.0 Å². The lowest BCUT2D eigenvalue weighted by atomic mass is 10.2. The van der Waals surface area contributed by atoms with Gasteiger partial charge in [-0.2, -0.15) is 0 Å². The van der Waals surface area contributed by atoms with Crippen molar-refractivity contribution in [2.75, 3.05) is 12.4 Å². The zero-order chi connectivity index (χ0) is 12.1. The van der Waals surface area contributed by atoms with Gasteiger partial charge in [-0.3, -0.25) is 0 Å². The molecule has 1 unspecified atom stereocenters. The summed E-state index contributed by atoms with van der Waals surface area (Å²) in [7, 11) is 1.35. The smallest absolute Gasteiger partial charge is 0.339 e. The molecule has 16 heavy (non-hydrogen) atoms. The van der Waals surface area contributed by atoms with Crippen LogP contribution in [0.5, 0.6) is 0 Å². The Kier molecular flexibility index (Phi) is 4.05. The SMILES string of the molecule is C=CC(C)Nc1ccc(C(=O)OC)c(C)n1. The molecule has 1 rings (SSSR count). The average Bonchev–Trinajstić information content (AvgIpc) is 2.28. The largest absolute Gasteiger partial charge is 0.465 e. The summed E-state index contributed by atoms with van der Waals surface area (Å²) < 4.78 is 4.64. The molecule has 86 valence electrons. The summed E-state index contributed by atoms with van der Waals surface area (Å²) >= 11 is 0. The number of carbonyl (C=O) groups is 1. The van der Waals surface area contributed by atoms with E-state index in [1.807, 2.05) is 6.92 Å². The quantitative estimate of drug-likeness (QED) is 0.624. The highest BCUT2D eigenvalue weighted by atomic mass is 16.5. The van der Waals surface area contributed by atoms with Crippen LogP contribution in [0.15, 0.2) is 24.8 Å². The van der Waals surface area contributed by atoms with E-state index in [4.69, 9.17) is 0 Å². The number of hydrogen-bond acceptors (Lipinski definition) is 4. The zero-order valence-electron chi connectivity index (χ0n) is 9.78. The minimum absolute atomic E-state index is 0.135. The van der Waals surface area contributed by atoms with Crippen LogP contribution in [-0.2, 0) is 4.74 Å². The molecule has 0 fully saturated rings. The fourth-order valence-electron chi connectivity index (χ4n) is 1.26. The summed E-state index contributed by atoms with van der Waals surface area (Å²) in [5, 5.41) is 3.14. The standard InChI is InChI=1S/C12H16N2O2/c1-5-8(2)13-11-7-6-10(9(3)14-11)12(15)16-4/h5-8H,1H2,2-4H3,(H,13,14). The van der Waals surface area contributed by atoms with Crippen LogP contribution in [-0.4, -0.2) is 24.1 Å². The van der Waals surface area contributed by atoms with Gasteiger partial charge in [-0.25, -0.2) is 9.78 Å². The summed E-state index contributed by atoms with van der Waals surface area (Å²) in [6, 6.07) is 3.59. The molecule has 0 saturated carbocycles. The third-order valence-corrected chi connectivity index (χ3v) is 2.22. The normalized spacial score (nSPS) is 11.7. The second-order valence-corrected chi connectivity index (χ2v) is 3.49. The molecular formula is C12H16N2O2. The molecule has 0 aliphatic carbocycles. The lowest BCUT2D eigenvalue weighted by Gasteiger charge is -2.11. The molecule has 4 heteroatoms. The molecule has 0 aromatic carbocycles. The van der Waals surface area contributed by atoms with Crippen molar-refractivity contribution >= 4 is 11.8 Å². The number of aromatic nitrogens is 1. The highest BCUT2D eigenvalue weighted by Gasteiger charge is 2.10. The monoisotopic (exact) mass is 220 g/mol.